The van der Waals surface area contributed by atoms with Crippen molar-refractivity contribution < 1.29 is 36.0 Å². The first-order chi connectivity index (χ1) is 18.9. The van der Waals surface area contributed by atoms with Gasteiger partial charge < -0.3 is 16.0 Å². The molecule has 1 aliphatic rings. The van der Waals surface area contributed by atoms with Gasteiger partial charge in [-0.3, -0.25) is 14.4 Å². The number of alkyl halides is 3. The maximum atomic E-state index is 12.9. The van der Waals surface area contributed by atoms with Crippen LogP contribution in [0.2, 0.25) is 0 Å². The number of hydrogen-bond acceptors (Lipinski definition) is 5. The van der Waals surface area contributed by atoms with Gasteiger partial charge in [0.15, 0.2) is 0 Å². The van der Waals surface area contributed by atoms with E-state index in [9.17, 15) is 36.0 Å². The third-order valence-electron chi connectivity index (χ3n) is 6.75. The Labute approximate surface area is 231 Å². The van der Waals surface area contributed by atoms with Crippen LogP contribution in [0.1, 0.15) is 65.8 Å². The van der Waals surface area contributed by atoms with Crippen LogP contribution >= 0.6 is 0 Å². The molecule has 0 radical (unpaired) electrons. The second-order valence-corrected chi connectivity index (χ2v) is 11.4. The molecule has 3 amide bonds. The van der Waals surface area contributed by atoms with Gasteiger partial charge in [-0.25, -0.2) is 8.42 Å². The summed E-state index contributed by atoms with van der Waals surface area (Å²) in [6, 6.07) is 8.73. The molecule has 2 atom stereocenters. The Morgan fingerprint density at radius 2 is 1.48 bits per heavy atom. The zero-order valence-electron chi connectivity index (χ0n) is 22.3. The predicted octanol–water partition coefficient (Wildman–Crippen LogP) is 3.32. The quantitative estimate of drug-likeness (QED) is 0.397. The van der Waals surface area contributed by atoms with E-state index in [2.05, 4.69) is 16.0 Å². The van der Waals surface area contributed by atoms with E-state index in [1.807, 2.05) is 0 Å². The van der Waals surface area contributed by atoms with E-state index < -0.39 is 58.1 Å². The Hall–Kier alpha value is -3.45. The molecule has 0 saturated heterocycles. The summed E-state index contributed by atoms with van der Waals surface area (Å²) in [7, 11) is -3.66. The van der Waals surface area contributed by atoms with Crippen molar-refractivity contribution >= 4 is 27.7 Å². The van der Waals surface area contributed by atoms with Gasteiger partial charge in [-0.2, -0.15) is 17.5 Å². The van der Waals surface area contributed by atoms with E-state index in [0.717, 1.165) is 25.0 Å². The van der Waals surface area contributed by atoms with E-state index in [0.29, 0.717) is 32.0 Å². The SMILES string of the molecule is CCN(CC)S(=O)(=O)c1ccc(C(=O)NC2CCCCC2NC(=O)CNC(=O)c2cccc(C(F)(F)F)c2)cc1. The lowest BCUT2D eigenvalue weighted by molar-refractivity contribution is -0.137. The van der Waals surface area contributed by atoms with Crippen LogP contribution in [0.5, 0.6) is 0 Å². The number of nitrogens with zero attached hydrogens (tertiary/aromatic N) is 1. The molecular formula is C27H33F3N4O5S. The molecule has 13 heteroatoms. The van der Waals surface area contributed by atoms with E-state index in [-0.39, 0.29) is 16.0 Å². The van der Waals surface area contributed by atoms with Crippen LogP contribution in [0.15, 0.2) is 53.4 Å². The maximum absolute atomic E-state index is 12.9. The number of hydrogen-bond donors (Lipinski definition) is 3. The predicted molar refractivity (Wildman–Crippen MR) is 142 cm³/mol. The van der Waals surface area contributed by atoms with Gasteiger partial charge in [0.25, 0.3) is 11.8 Å². The highest BCUT2D eigenvalue weighted by Gasteiger charge is 2.31. The third kappa shape index (κ3) is 7.81. The lowest BCUT2D eigenvalue weighted by atomic mass is 9.90. The van der Waals surface area contributed by atoms with E-state index >= 15 is 0 Å². The fourth-order valence-electron chi connectivity index (χ4n) is 4.58. The van der Waals surface area contributed by atoms with Crippen molar-refractivity contribution in [2.45, 2.75) is 62.7 Å². The number of amides is 3. The van der Waals surface area contributed by atoms with Crippen LogP contribution in [0.4, 0.5) is 13.2 Å². The molecule has 1 aliphatic carbocycles. The van der Waals surface area contributed by atoms with Crippen molar-refractivity contribution in [3.8, 4) is 0 Å². The van der Waals surface area contributed by atoms with Crippen molar-refractivity contribution in [1.82, 2.24) is 20.3 Å². The Balaban J connectivity index is 1.58. The summed E-state index contributed by atoms with van der Waals surface area (Å²) in [6.45, 7) is 3.68. The van der Waals surface area contributed by atoms with Crippen molar-refractivity contribution in [2.24, 2.45) is 0 Å². The van der Waals surface area contributed by atoms with Gasteiger partial charge in [0, 0.05) is 36.3 Å². The Morgan fingerprint density at radius 1 is 0.875 bits per heavy atom. The fraction of sp³-hybridized carbons (Fsp3) is 0.444. The van der Waals surface area contributed by atoms with Crippen LogP contribution < -0.4 is 16.0 Å². The number of halogens is 3. The molecule has 3 N–H and O–H groups in total. The minimum Gasteiger partial charge on any atom is -0.350 e. The summed E-state index contributed by atoms with van der Waals surface area (Å²) in [5.74, 6) is -1.78. The average molecular weight is 583 g/mol. The molecule has 0 bridgehead atoms. The van der Waals surface area contributed by atoms with E-state index in [1.165, 1.54) is 34.6 Å². The summed E-state index contributed by atoms with van der Waals surface area (Å²) < 4.78 is 65.4. The standard InChI is InChI=1S/C27H33F3N4O5S/c1-3-34(4-2)40(38,39)21-14-12-18(13-15-21)26(37)33-23-11-6-5-10-22(23)32-24(35)17-31-25(36)19-8-7-9-20(16-19)27(28,29)30/h7-9,12-16,22-23H,3-6,10-11,17H2,1-2H3,(H,31,36)(H,32,35)(H,33,37). The molecule has 0 heterocycles. The van der Waals surface area contributed by atoms with Crippen LogP contribution in [0, 0.1) is 0 Å². The molecule has 1 fully saturated rings. The first-order valence-electron chi connectivity index (χ1n) is 13.0. The molecular weight excluding hydrogens is 549 g/mol. The monoisotopic (exact) mass is 582 g/mol. The number of carbonyl (C=O) groups excluding carboxylic acids is 3. The van der Waals surface area contributed by atoms with Crippen LogP contribution in [0.25, 0.3) is 0 Å². The summed E-state index contributed by atoms with van der Waals surface area (Å²) >= 11 is 0. The van der Waals surface area contributed by atoms with Gasteiger partial charge in [0.2, 0.25) is 15.9 Å². The van der Waals surface area contributed by atoms with Crippen LogP contribution in [0.3, 0.4) is 0 Å². The molecule has 9 nitrogen and oxygen atoms in total. The summed E-state index contributed by atoms with van der Waals surface area (Å²) in [5, 5.41) is 8.01. The minimum absolute atomic E-state index is 0.0859. The largest absolute Gasteiger partial charge is 0.416 e. The molecule has 1 saturated carbocycles. The molecule has 2 aromatic rings. The lowest BCUT2D eigenvalue weighted by Crippen LogP contribution is -2.54. The van der Waals surface area contributed by atoms with E-state index in [4.69, 9.17) is 0 Å². The molecule has 218 valence electrons. The number of rotatable bonds is 10. The molecule has 0 aliphatic heterocycles. The lowest BCUT2D eigenvalue weighted by Gasteiger charge is -2.33. The van der Waals surface area contributed by atoms with Gasteiger partial charge in [-0.15, -0.1) is 0 Å². The number of nitrogens with one attached hydrogen (secondary N) is 3. The number of benzene rings is 2. The Bertz CT molecular complexity index is 1310. The Morgan fingerprint density at radius 3 is 2.05 bits per heavy atom. The highest BCUT2D eigenvalue weighted by molar-refractivity contribution is 7.89. The maximum Gasteiger partial charge on any atom is 0.416 e. The highest BCUT2D eigenvalue weighted by Crippen LogP contribution is 2.29. The van der Waals surface area contributed by atoms with Crippen molar-refractivity contribution in [1.29, 1.82) is 0 Å². The molecule has 3 rings (SSSR count). The second kappa shape index (κ2) is 13.3. The molecule has 0 aromatic heterocycles. The van der Waals surface area contributed by atoms with Gasteiger partial charge in [0.05, 0.1) is 17.0 Å². The first kappa shape index (κ1) is 31.1. The van der Waals surface area contributed by atoms with Gasteiger partial charge in [-0.1, -0.05) is 32.8 Å². The normalized spacial score (nSPS) is 17.8. The summed E-state index contributed by atoms with van der Waals surface area (Å²) in [5.41, 5.74) is -0.922. The first-order valence-corrected chi connectivity index (χ1v) is 14.5. The molecule has 2 unspecified atom stereocenters. The molecule has 0 spiro atoms. The van der Waals surface area contributed by atoms with Crippen LogP contribution in [-0.4, -0.2) is 62.2 Å². The zero-order valence-corrected chi connectivity index (χ0v) is 23.1. The Kier molecular flexibility index (Phi) is 10.3. The van der Waals surface area contributed by atoms with Gasteiger partial charge in [-0.05, 0) is 55.3 Å². The van der Waals surface area contributed by atoms with Gasteiger partial charge in [0.1, 0.15) is 0 Å². The van der Waals surface area contributed by atoms with Crippen molar-refractivity contribution in [2.75, 3.05) is 19.6 Å². The average Bonchev–Trinajstić information content (AvgIpc) is 2.93. The van der Waals surface area contributed by atoms with Crippen molar-refractivity contribution in [3.05, 3.63) is 65.2 Å². The van der Waals surface area contributed by atoms with Crippen molar-refractivity contribution in [3.63, 3.8) is 0 Å². The fourth-order valence-corrected chi connectivity index (χ4v) is 6.03. The van der Waals surface area contributed by atoms with Crippen LogP contribution in [-0.2, 0) is 21.0 Å². The minimum atomic E-state index is -4.60. The highest BCUT2D eigenvalue weighted by atomic mass is 32.2. The zero-order chi connectivity index (χ0) is 29.5. The topological polar surface area (TPSA) is 125 Å². The molecule has 40 heavy (non-hydrogen) atoms. The smallest absolute Gasteiger partial charge is 0.350 e. The molecule has 2 aromatic carbocycles. The summed E-state index contributed by atoms with van der Waals surface area (Å²) in [4.78, 5) is 37.8. The van der Waals surface area contributed by atoms with E-state index in [1.54, 1.807) is 13.8 Å². The van der Waals surface area contributed by atoms with Gasteiger partial charge >= 0.3 is 6.18 Å². The summed E-state index contributed by atoms with van der Waals surface area (Å²) in [6.07, 6.45) is -1.78. The second-order valence-electron chi connectivity index (χ2n) is 9.41. The number of carbonyl (C=O) groups is 3. The number of sulfonamides is 1. The third-order valence-corrected chi connectivity index (χ3v) is 8.81.